The molecule has 0 aliphatic carbocycles. The van der Waals surface area contributed by atoms with Gasteiger partial charge in [0.05, 0.1) is 20.6 Å². The van der Waals surface area contributed by atoms with Crippen molar-refractivity contribution in [2.45, 2.75) is 47.0 Å². The number of hydrogen-bond donors (Lipinski definition) is 2. The Morgan fingerprint density at radius 1 is 0.786 bits per heavy atom. The van der Waals surface area contributed by atoms with Crippen LogP contribution in [0.15, 0.2) is 66.7 Å². The third-order valence-electron chi connectivity index (χ3n) is 6.53. The van der Waals surface area contributed by atoms with Crippen LogP contribution < -0.4 is 20.1 Å². The van der Waals surface area contributed by atoms with E-state index in [-0.39, 0.29) is 16.0 Å². The van der Waals surface area contributed by atoms with E-state index in [4.69, 9.17) is 44.3 Å². The van der Waals surface area contributed by atoms with Crippen LogP contribution in [0.3, 0.4) is 0 Å². The maximum atomic E-state index is 12.6. The van der Waals surface area contributed by atoms with Crippen LogP contribution in [-0.4, -0.2) is 11.9 Å². The molecule has 3 amide bonds. The Kier molecular flexibility index (Phi) is 9.41. The van der Waals surface area contributed by atoms with E-state index in [1.54, 1.807) is 56.3 Å². The van der Waals surface area contributed by atoms with Crippen LogP contribution in [0.25, 0.3) is 0 Å². The SMILES string of the molecule is Cc1ccc(Oc2ccc(Oc3c(C)cc(NC(=O)NC(=O)c4ccccc4Cl)c(C)c3Cl)cc2Cl)c(C(C)(C)C)c1. The topological polar surface area (TPSA) is 76.7 Å². The van der Waals surface area contributed by atoms with Gasteiger partial charge in [-0.1, -0.05) is 85.4 Å². The van der Waals surface area contributed by atoms with Crippen LogP contribution >= 0.6 is 34.8 Å². The molecular formula is C33H31Cl3N2O4. The van der Waals surface area contributed by atoms with Gasteiger partial charge >= 0.3 is 6.03 Å². The van der Waals surface area contributed by atoms with Crippen molar-refractivity contribution in [2.24, 2.45) is 0 Å². The summed E-state index contributed by atoms with van der Waals surface area (Å²) in [7, 11) is 0. The van der Waals surface area contributed by atoms with Crippen molar-refractivity contribution in [3.63, 3.8) is 0 Å². The van der Waals surface area contributed by atoms with E-state index in [1.807, 2.05) is 19.1 Å². The van der Waals surface area contributed by atoms with Crippen molar-refractivity contribution < 1.29 is 19.1 Å². The highest BCUT2D eigenvalue weighted by Crippen LogP contribution is 2.42. The predicted molar refractivity (Wildman–Crippen MR) is 170 cm³/mol. The lowest BCUT2D eigenvalue weighted by atomic mass is 9.85. The summed E-state index contributed by atoms with van der Waals surface area (Å²) >= 11 is 19.3. The lowest BCUT2D eigenvalue weighted by Gasteiger charge is -2.23. The molecule has 4 rings (SSSR count). The van der Waals surface area contributed by atoms with Gasteiger partial charge in [0.1, 0.15) is 23.0 Å². The molecule has 0 heterocycles. The first-order chi connectivity index (χ1) is 19.7. The second-order valence-electron chi connectivity index (χ2n) is 10.9. The van der Waals surface area contributed by atoms with Gasteiger partial charge in [-0.2, -0.15) is 0 Å². The Balaban J connectivity index is 1.50. The largest absolute Gasteiger partial charge is 0.455 e. The first-order valence-electron chi connectivity index (χ1n) is 13.2. The quantitative estimate of drug-likeness (QED) is 0.223. The number of hydrogen-bond acceptors (Lipinski definition) is 4. The van der Waals surface area contributed by atoms with Crippen LogP contribution in [0, 0.1) is 20.8 Å². The third-order valence-corrected chi connectivity index (χ3v) is 7.61. The fourth-order valence-corrected chi connectivity index (χ4v) is 4.98. The van der Waals surface area contributed by atoms with E-state index in [2.05, 4.69) is 37.5 Å². The van der Waals surface area contributed by atoms with Crippen LogP contribution in [0.4, 0.5) is 10.5 Å². The monoisotopic (exact) mass is 624 g/mol. The number of carbonyl (C=O) groups excluding carboxylic acids is 2. The summed E-state index contributed by atoms with van der Waals surface area (Å²) in [5.41, 5.74) is 3.93. The maximum Gasteiger partial charge on any atom is 0.326 e. The number of ether oxygens (including phenoxy) is 2. The summed E-state index contributed by atoms with van der Waals surface area (Å²) in [6.07, 6.45) is 0. The van der Waals surface area contributed by atoms with E-state index in [1.165, 1.54) is 6.07 Å². The molecule has 4 aromatic rings. The average molecular weight is 626 g/mol. The highest BCUT2D eigenvalue weighted by atomic mass is 35.5. The molecular weight excluding hydrogens is 595 g/mol. The Bertz CT molecular complexity index is 1680. The summed E-state index contributed by atoms with van der Waals surface area (Å²) in [5, 5.41) is 5.86. The Hall–Kier alpha value is -3.71. The number of halogens is 3. The lowest BCUT2D eigenvalue weighted by Crippen LogP contribution is -2.34. The summed E-state index contributed by atoms with van der Waals surface area (Å²) in [6, 6.07) is 18.7. The third kappa shape index (κ3) is 7.19. The van der Waals surface area contributed by atoms with Crippen molar-refractivity contribution >= 4 is 52.4 Å². The number of urea groups is 1. The number of benzene rings is 4. The number of nitrogens with one attached hydrogen (secondary N) is 2. The summed E-state index contributed by atoms with van der Waals surface area (Å²) in [5.74, 6) is 1.47. The second kappa shape index (κ2) is 12.7. The van der Waals surface area contributed by atoms with Crippen molar-refractivity contribution in [3.8, 4) is 23.0 Å². The highest BCUT2D eigenvalue weighted by Gasteiger charge is 2.21. The molecule has 0 spiro atoms. The predicted octanol–water partition coefficient (Wildman–Crippen LogP) is 10.4. The zero-order chi connectivity index (χ0) is 30.8. The van der Waals surface area contributed by atoms with Gasteiger partial charge in [-0.05, 0) is 73.7 Å². The fourth-order valence-electron chi connectivity index (χ4n) is 4.26. The van der Waals surface area contributed by atoms with E-state index in [9.17, 15) is 9.59 Å². The van der Waals surface area contributed by atoms with Crippen molar-refractivity contribution in [3.05, 3.63) is 110 Å². The van der Waals surface area contributed by atoms with Gasteiger partial charge in [-0.15, -0.1) is 0 Å². The normalized spacial score (nSPS) is 11.2. The number of anilines is 1. The highest BCUT2D eigenvalue weighted by molar-refractivity contribution is 6.34. The molecule has 0 radical (unpaired) electrons. The van der Waals surface area contributed by atoms with Crippen LogP contribution in [-0.2, 0) is 5.41 Å². The number of aryl methyl sites for hydroxylation is 2. The van der Waals surface area contributed by atoms with Gasteiger partial charge in [0.15, 0.2) is 0 Å². The Morgan fingerprint density at radius 2 is 1.48 bits per heavy atom. The number of carbonyl (C=O) groups is 2. The minimum atomic E-state index is -0.724. The molecule has 218 valence electrons. The number of amides is 3. The van der Waals surface area contributed by atoms with Crippen molar-refractivity contribution in [1.82, 2.24) is 5.32 Å². The average Bonchev–Trinajstić information content (AvgIpc) is 2.91. The van der Waals surface area contributed by atoms with E-state index in [0.717, 1.165) is 16.9 Å². The van der Waals surface area contributed by atoms with Crippen LogP contribution in [0.1, 0.15) is 53.4 Å². The van der Waals surface area contributed by atoms with Gasteiger partial charge in [0.25, 0.3) is 5.91 Å². The van der Waals surface area contributed by atoms with Crippen LogP contribution in [0.5, 0.6) is 23.0 Å². The molecule has 0 aliphatic rings. The van der Waals surface area contributed by atoms with E-state index in [0.29, 0.717) is 44.1 Å². The molecule has 0 fully saturated rings. The molecule has 2 N–H and O–H groups in total. The molecule has 4 aromatic carbocycles. The van der Waals surface area contributed by atoms with Gasteiger partial charge < -0.3 is 14.8 Å². The molecule has 0 atom stereocenters. The Morgan fingerprint density at radius 3 is 2.14 bits per heavy atom. The summed E-state index contributed by atoms with van der Waals surface area (Å²) in [4.78, 5) is 25.0. The maximum absolute atomic E-state index is 12.6. The van der Waals surface area contributed by atoms with Gasteiger partial charge in [0.2, 0.25) is 0 Å². The zero-order valence-corrected chi connectivity index (χ0v) is 26.4. The standard InChI is InChI=1S/C33H31Cl3N2O4/c1-18-11-13-27(23(15-18)33(4,5)6)42-28-14-12-21(17-25(28)35)41-30-19(2)16-26(20(3)29(30)36)37-32(40)38-31(39)22-9-7-8-10-24(22)34/h7-17H,1-6H3,(H2,37,38,39,40). The van der Waals surface area contributed by atoms with Crippen molar-refractivity contribution in [2.75, 3.05) is 5.32 Å². The van der Waals surface area contributed by atoms with E-state index < -0.39 is 11.9 Å². The molecule has 6 nitrogen and oxygen atoms in total. The molecule has 0 saturated heterocycles. The van der Waals surface area contributed by atoms with Gasteiger partial charge in [0, 0.05) is 17.3 Å². The van der Waals surface area contributed by atoms with Gasteiger partial charge in [-0.3, -0.25) is 10.1 Å². The molecule has 0 aromatic heterocycles. The van der Waals surface area contributed by atoms with Crippen LogP contribution in [0.2, 0.25) is 15.1 Å². The van der Waals surface area contributed by atoms with E-state index >= 15 is 0 Å². The van der Waals surface area contributed by atoms with Crippen molar-refractivity contribution in [1.29, 1.82) is 0 Å². The minimum absolute atomic E-state index is 0.115. The molecule has 0 aliphatic heterocycles. The summed E-state index contributed by atoms with van der Waals surface area (Å²) < 4.78 is 12.3. The zero-order valence-electron chi connectivity index (χ0n) is 24.1. The molecule has 0 saturated carbocycles. The van der Waals surface area contributed by atoms with Gasteiger partial charge in [-0.25, -0.2) is 4.79 Å². The number of imide groups is 1. The molecule has 0 unspecified atom stereocenters. The summed E-state index contributed by atoms with van der Waals surface area (Å²) in [6.45, 7) is 12.0. The second-order valence-corrected chi connectivity index (χ2v) is 12.1. The lowest BCUT2D eigenvalue weighted by molar-refractivity contribution is 0.0967. The molecule has 9 heteroatoms. The first-order valence-corrected chi connectivity index (χ1v) is 14.3. The smallest absolute Gasteiger partial charge is 0.326 e. The Labute approximate surface area is 260 Å². The number of rotatable bonds is 6. The molecule has 0 bridgehead atoms. The fraction of sp³-hybridized carbons (Fsp3) is 0.212. The minimum Gasteiger partial charge on any atom is -0.455 e. The first kappa shape index (κ1) is 31.2. The molecule has 42 heavy (non-hydrogen) atoms.